The van der Waals surface area contributed by atoms with Crippen LogP contribution in [-0.2, 0) is 9.47 Å². The van der Waals surface area contributed by atoms with E-state index < -0.39 is 0 Å². The van der Waals surface area contributed by atoms with Gasteiger partial charge in [0.1, 0.15) is 6.61 Å². The van der Waals surface area contributed by atoms with Gasteiger partial charge < -0.3 is 24.8 Å². The lowest BCUT2D eigenvalue weighted by Gasteiger charge is -2.15. The molecule has 21 heavy (non-hydrogen) atoms. The third-order valence-corrected chi connectivity index (χ3v) is 3.11. The average Bonchev–Trinajstić information content (AvgIpc) is 3.00. The molecule has 0 amide bonds. The molecule has 1 aliphatic heterocycles. The highest BCUT2D eigenvalue weighted by atomic mass is 16.5. The van der Waals surface area contributed by atoms with E-state index in [9.17, 15) is 0 Å². The Morgan fingerprint density at radius 3 is 2.62 bits per heavy atom. The lowest BCUT2D eigenvalue weighted by atomic mass is 10.4. The topological polar surface area (TPSA) is 95.6 Å². The quantitative estimate of drug-likeness (QED) is 0.658. The molecule has 1 aromatic rings. The summed E-state index contributed by atoms with van der Waals surface area (Å²) in [5.41, 5.74) is 5.70. The minimum atomic E-state index is 0.183. The van der Waals surface area contributed by atoms with E-state index in [2.05, 4.69) is 19.9 Å². The van der Waals surface area contributed by atoms with Gasteiger partial charge in [-0.15, -0.1) is 0 Å². The van der Waals surface area contributed by atoms with Gasteiger partial charge in [0.15, 0.2) is 0 Å². The number of rotatable bonds is 9. The van der Waals surface area contributed by atoms with Crippen LogP contribution in [0.5, 0.6) is 6.01 Å². The number of ether oxygens (including phenoxy) is 3. The Bertz CT molecular complexity index is 426. The number of nitrogen functional groups attached to an aromatic ring is 1. The molecular formula is C13H23N5O3. The molecule has 0 saturated carbocycles. The first-order chi connectivity index (χ1) is 10.3. The highest BCUT2D eigenvalue weighted by Gasteiger charge is 2.17. The monoisotopic (exact) mass is 297 g/mol. The summed E-state index contributed by atoms with van der Waals surface area (Å²) in [6, 6.07) is 0.255. The summed E-state index contributed by atoms with van der Waals surface area (Å²) in [5.74, 6) is 0.777. The van der Waals surface area contributed by atoms with Crippen LogP contribution >= 0.6 is 0 Å². The summed E-state index contributed by atoms with van der Waals surface area (Å²) in [6.45, 7) is 4.11. The Hall–Kier alpha value is -1.67. The van der Waals surface area contributed by atoms with E-state index >= 15 is 0 Å². The first kappa shape index (κ1) is 15.7. The molecule has 8 nitrogen and oxygen atoms in total. The Labute approximate surface area is 124 Å². The maximum Gasteiger partial charge on any atom is 0.323 e. The van der Waals surface area contributed by atoms with Crippen molar-refractivity contribution in [2.24, 2.45) is 0 Å². The number of nitrogens with two attached hydrogens (primary N) is 1. The van der Waals surface area contributed by atoms with Crippen LogP contribution in [0, 0.1) is 0 Å². The second-order valence-corrected chi connectivity index (χ2v) is 4.78. The van der Waals surface area contributed by atoms with Gasteiger partial charge in [0.2, 0.25) is 11.9 Å². The van der Waals surface area contributed by atoms with E-state index in [0.717, 1.165) is 32.4 Å². The van der Waals surface area contributed by atoms with Crippen LogP contribution in [0.25, 0.3) is 0 Å². The Balaban J connectivity index is 1.75. The van der Waals surface area contributed by atoms with Crippen molar-refractivity contribution in [3.05, 3.63) is 0 Å². The lowest BCUT2D eigenvalue weighted by molar-refractivity contribution is 0.0783. The van der Waals surface area contributed by atoms with Gasteiger partial charge in [-0.3, -0.25) is 0 Å². The molecule has 1 aliphatic rings. The van der Waals surface area contributed by atoms with Crippen molar-refractivity contribution in [1.29, 1.82) is 0 Å². The highest BCUT2D eigenvalue weighted by Crippen LogP contribution is 2.18. The standard InChI is InChI=1S/C13H23N5O3/c1-19-7-4-8-20-9-10-21-13-16-11(14)15-12(17-13)18-5-2-3-6-18/h2-10H2,1H3,(H2,14,15,16,17). The van der Waals surface area contributed by atoms with Gasteiger partial charge >= 0.3 is 6.01 Å². The molecule has 8 heteroatoms. The zero-order chi connectivity index (χ0) is 14.9. The first-order valence-electron chi connectivity index (χ1n) is 7.25. The van der Waals surface area contributed by atoms with Crippen LogP contribution in [-0.4, -0.2) is 61.6 Å². The second kappa shape index (κ2) is 8.58. The van der Waals surface area contributed by atoms with E-state index in [1.807, 2.05) is 0 Å². The fraction of sp³-hybridized carbons (Fsp3) is 0.769. The molecule has 0 unspecified atom stereocenters. The summed E-state index contributed by atoms with van der Waals surface area (Å²) in [5, 5.41) is 0. The number of hydrogen-bond donors (Lipinski definition) is 1. The zero-order valence-electron chi connectivity index (χ0n) is 12.5. The molecule has 0 bridgehead atoms. The molecule has 0 spiro atoms. The van der Waals surface area contributed by atoms with Crippen molar-refractivity contribution < 1.29 is 14.2 Å². The Morgan fingerprint density at radius 2 is 1.86 bits per heavy atom. The summed E-state index contributed by atoms with van der Waals surface area (Å²) >= 11 is 0. The predicted molar refractivity (Wildman–Crippen MR) is 78.5 cm³/mol. The molecule has 2 N–H and O–H groups in total. The molecule has 118 valence electrons. The van der Waals surface area contributed by atoms with Gasteiger partial charge in [-0.25, -0.2) is 0 Å². The Kier molecular flexibility index (Phi) is 6.42. The smallest absolute Gasteiger partial charge is 0.323 e. The fourth-order valence-electron chi connectivity index (χ4n) is 2.08. The van der Waals surface area contributed by atoms with Gasteiger partial charge in [-0.2, -0.15) is 15.0 Å². The van der Waals surface area contributed by atoms with Gasteiger partial charge in [0.05, 0.1) is 6.61 Å². The maximum absolute atomic E-state index is 5.70. The lowest BCUT2D eigenvalue weighted by Crippen LogP contribution is -2.22. The van der Waals surface area contributed by atoms with E-state index in [1.165, 1.54) is 0 Å². The molecule has 0 aliphatic carbocycles. The van der Waals surface area contributed by atoms with E-state index in [-0.39, 0.29) is 12.0 Å². The number of hydrogen-bond acceptors (Lipinski definition) is 8. The van der Waals surface area contributed by atoms with Crippen molar-refractivity contribution in [2.45, 2.75) is 19.3 Å². The van der Waals surface area contributed by atoms with E-state index in [4.69, 9.17) is 19.9 Å². The molecule has 2 rings (SSSR count). The Morgan fingerprint density at radius 1 is 1.05 bits per heavy atom. The van der Waals surface area contributed by atoms with Gasteiger partial charge in [-0.1, -0.05) is 0 Å². The average molecular weight is 297 g/mol. The van der Waals surface area contributed by atoms with Crippen LogP contribution < -0.4 is 15.4 Å². The molecule has 1 fully saturated rings. The van der Waals surface area contributed by atoms with Crippen LogP contribution in [0.15, 0.2) is 0 Å². The van der Waals surface area contributed by atoms with Gasteiger partial charge in [-0.05, 0) is 19.3 Å². The van der Waals surface area contributed by atoms with Crippen molar-refractivity contribution in [3.63, 3.8) is 0 Å². The minimum Gasteiger partial charge on any atom is -0.461 e. The van der Waals surface area contributed by atoms with E-state index in [0.29, 0.717) is 32.4 Å². The number of anilines is 2. The molecule has 0 aromatic carbocycles. The van der Waals surface area contributed by atoms with Crippen LogP contribution in [0.2, 0.25) is 0 Å². The molecule has 0 radical (unpaired) electrons. The van der Waals surface area contributed by atoms with Crippen molar-refractivity contribution in [1.82, 2.24) is 15.0 Å². The number of nitrogens with zero attached hydrogens (tertiary/aromatic N) is 4. The second-order valence-electron chi connectivity index (χ2n) is 4.78. The zero-order valence-corrected chi connectivity index (χ0v) is 12.5. The summed E-state index contributed by atoms with van der Waals surface area (Å²) in [4.78, 5) is 14.5. The van der Waals surface area contributed by atoms with Crippen LogP contribution in [0.4, 0.5) is 11.9 Å². The first-order valence-corrected chi connectivity index (χ1v) is 7.25. The maximum atomic E-state index is 5.70. The third kappa shape index (κ3) is 5.31. The summed E-state index contributed by atoms with van der Waals surface area (Å²) in [6.07, 6.45) is 3.17. The fourth-order valence-corrected chi connectivity index (χ4v) is 2.08. The predicted octanol–water partition coefficient (Wildman–Crippen LogP) is 0.486. The van der Waals surface area contributed by atoms with E-state index in [1.54, 1.807) is 7.11 Å². The summed E-state index contributed by atoms with van der Waals surface area (Å²) < 4.78 is 15.8. The molecule has 2 heterocycles. The summed E-state index contributed by atoms with van der Waals surface area (Å²) in [7, 11) is 1.67. The van der Waals surface area contributed by atoms with Crippen LogP contribution in [0.3, 0.4) is 0 Å². The van der Waals surface area contributed by atoms with Crippen molar-refractivity contribution in [3.8, 4) is 6.01 Å². The molecule has 1 saturated heterocycles. The SMILES string of the molecule is COCCCOCCOc1nc(N)nc(N2CCCC2)n1. The molecule has 1 aromatic heterocycles. The van der Waals surface area contributed by atoms with Crippen LogP contribution in [0.1, 0.15) is 19.3 Å². The minimum absolute atomic E-state index is 0.183. The highest BCUT2D eigenvalue weighted by molar-refractivity contribution is 5.36. The van der Waals surface area contributed by atoms with Crippen molar-refractivity contribution in [2.75, 3.05) is 57.3 Å². The normalized spacial score (nSPS) is 14.6. The number of aromatic nitrogens is 3. The van der Waals surface area contributed by atoms with Gasteiger partial charge in [0.25, 0.3) is 0 Å². The molecular weight excluding hydrogens is 274 g/mol. The van der Waals surface area contributed by atoms with Crippen molar-refractivity contribution >= 4 is 11.9 Å². The largest absolute Gasteiger partial charge is 0.461 e. The number of methoxy groups -OCH3 is 1. The molecule has 0 atom stereocenters. The van der Waals surface area contributed by atoms with Gasteiger partial charge in [0, 0.05) is 33.4 Å². The third-order valence-electron chi connectivity index (χ3n) is 3.11.